The molecule has 0 heterocycles. The molecule has 0 radical (unpaired) electrons. The van der Waals surface area contributed by atoms with E-state index in [-0.39, 0.29) is 5.97 Å². The second-order valence-electron chi connectivity index (χ2n) is 11.8. The van der Waals surface area contributed by atoms with Gasteiger partial charge in [-0.05, 0) is 96.2 Å². The van der Waals surface area contributed by atoms with Gasteiger partial charge in [0, 0.05) is 25.8 Å². The van der Waals surface area contributed by atoms with Gasteiger partial charge in [-0.25, -0.2) is 4.79 Å². The summed E-state index contributed by atoms with van der Waals surface area (Å²) >= 11 is 0. The van der Waals surface area contributed by atoms with E-state index in [4.69, 9.17) is 14.2 Å². The molecule has 1 aliphatic rings. The molecule has 4 aromatic carbocycles. The summed E-state index contributed by atoms with van der Waals surface area (Å²) in [6.07, 6.45) is 5.12. The molecular formula is C40H47NO4. The van der Waals surface area contributed by atoms with Gasteiger partial charge in [-0.3, -0.25) is 0 Å². The van der Waals surface area contributed by atoms with Gasteiger partial charge in [0.1, 0.15) is 12.4 Å². The minimum atomic E-state index is -0.590. The quantitative estimate of drug-likeness (QED) is 0.136. The van der Waals surface area contributed by atoms with Gasteiger partial charge in [0.05, 0.1) is 13.2 Å². The molecule has 0 spiro atoms. The summed E-state index contributed by atoms with van der Waals surface area (Å²) in [5, 5.41) is 0. The number of ether oxygens (including phenoxy) is 3. The molecule has 0 N–H and O–H groups in total. The van der Waals surface area contributed by atoms with Crippen LogP contribution in [0.1, 0.15) is 60.6 Å². The zero-order valence-corrected chi connectivity index (χ0v) is 27.3. The number of anilines is 1. The van der Waals surface area contributed by atoms with Crippen molar-refractivity contribution in [2.24, 2.45) is 0 Å². The third-order valence-electron chi connectivity index (χ3n) is 8.66. The Bertz CT molecular complexity index is 1550. The number of esters is 1. The first-order chi connectivity index (χ1) is 22.0. The number of hydrogen-bond donors (Lipinski definition) is 0. The van der Waals surface area contributed by atoms with E-state index < -0.39 is 6.10 Å². The first-order valence-electron chi connectivity index (χ1n) is 16.5. The number of fused-ring (bicyclic) bond motifs is 2. The first kappa shape index (κ1) is 32.3. The van der Waals surface area contributed by atoms with Crippen LogP contribution in [0.15, 0.2) is 84.9 Å². The fourth-order valence-electron chi connectivity index (χ4n) is 6.42. The monoisotopic (exact) mass is 605 g/mol. The summed E-state index contributed by atoms with van der Waals surface area (Å²) in [6, 6.07) is 30.4. The largest absolute Gasteiger partial charge is 0.492 e. The highest BCUT2D eigenvalue weighted by Crippen LogP contribution is 2.36. The molecule has 236 valence electrons. The molecule has 1 unspecified atom stereocenters. The Morgan fingerprint density at radius 3 is 2.33 bits per heavy atom. The number of hydrogen-bond acceptors (Lipinski definition) is 5. The maximum absolute atomic E-state index is 12.2. The molecule has 1 atom stereocenters. The standard InChI is InChI=1S/C40H47NO4/c1-5-11-32-17-19-34-28-35-27-33(30-12-9-8-10-13-30)18-16-31(35)20-23-37(34)39(32)41(4)24-25-45-36-21-14-29(15-22-36)26-38(43-6-2)40(42)44-7-3/h8-10,12-19,21-22,27,38H,5-7,11,20,23-26,28H2,1-4H3. The van der Waals surface area contributed by atoms with E-state index >= 15 is 0 Å². The Labute approximate surface area is 269 Å². The Balaban J connectivity index is 1.27. The van der Waals surface area contributed by atoms with Gasteiger partial charge >= 0.3 is 5.97 Å². The SMILES string of the molecule is CCCc1ccc2c(c1N(C)CCOc1ccc(CC(OCC)C(=O)OCC)cc1)CCc1ccc(-c3ccccc3)cc1C2. The van der Waals surface area contributed by atoms with Crippen LogP contribution >= 0.6 is 0 Å². The van der Waals surface area contributed by atoms with Crippen molar-refractivity contribution < 1.29 is 19.0 Å². The molecule has 0 fully saturated rings. The van der Waals surface area contributed by atoms with Crippen molar-refractivity contribution in [3.05, 3.63) is 118 Å². The van der Waals surface area contributed by atoms with Crippen molar-refractivity contribution in [2.45, 2.75) is 65.4 Å². The zero-order chi connectivity index (χ0) is 31.6. The molecule has 5 nitrogen and oxygen atoms in total. The van der Waals surface area contributed by atoms with Crippen LogP contribution in [0.25, 0.3) is 11.1 Å². The molecule has 1 aliphatic carbocycles. The maximum Gasteiger partial charge on any atom is 0.335 e. The van der Waals surface area contributed by atoms with E-state index in [1.165, 1.54) is 44.6 Å². The van der Waals surface area contributed by atoms with Gasteiger partial charge < -0.3 is 19.1 Å². The van der Waals surface area contributed by atoms with Gasteiger partial charge in [-0.15, -0.1) is 0 Å². The van der Waals surface area contributed by atoms with E-state index in [9.17, 15) is 4.79 Å². The topological polar surface area (TPSA) is 48.0 Å². The molecule has 0 aromatic heterocycles. The van der Waals surface area contributed by atoms with Crippen molar-refractivity contribution in [1.82, 2.24) is 0 Å². The predicted octanol–water partition coefficient (Wildman–Crippen LogP) is 8.02. The summed E-state index contributed by atoms with van der Waals surface area (Å²) in [7, 11) is 2.20. The zero-order valence-electron chi connectivity index (χ0n) is 27.3. The highest BCUT2D eigenvalue weighted by atomic mass is 16.6. The van der Waals surface area contributed by atoms with Gasteiger partial charge in [0.15, 0.2) is 6.10 Å². The normalized spacial score (nSPS) is 12.9. The Kier molecular flexibility index (Phi) is 11.3. The Morgan fingerprint density at radius 1 is 0.822 bits per heavy atom. The van der Waals surface area contributed by atoms with Crippen LogP contribution in [-0.4, -0.2) is 45.5 Å². The minimum Gasteiger partial charge on any atom is -0.492 e. The number of aryl methyl sites for hydroxylation is 2. The van der Waals surface area contributed by atoms with Crippen LogP contribution in [-0.2, 0) is 46.4 Å². The van der Waals surface area contributed by atoms with Crippen LogP contribution in [0.2, 0.25) is 0 Å². The van der Waals surface area contributed by atoms with E-state index in [1.54, 1.807) is 0 Å². The van der Waals surface area contributed by atoms with Crippen molar-refractivity contribution in [3.63, 3.8) is 0 Å². The van der Waals surface area contributed by atoms with E-state index in [1.807, 2.05) is 38.1 Å². The summed E-state index contributed by atoms with van der Waals surface area (Å²) < 4.78 is 17.0. The lowest BCUT2D eigenvalue weighted by atomic mass is 9.93. The van der Waals surface area contributed by atoms with Crippen LogP contribution in [0.5, 0.6) is 5.75 Å². The van der Waals surface area contributed by atoms with Gasteiger partial charge in [0.25, 0.3) is 0 Å². The second-order valence-corrected chi connectivity index (χ2v) is 11.8. The number of benzene rings is 4. The molecule has 4 aromatic rings. The van der Waals surface area contributed by atoms with Crippen LogP contribution in [0.4, 0.5) is 5.69 Å². The lowest BCUT2D eigenvalue weighted by molar-refractivity contribution is -0.156. The average molecular weight is 606 g/mol. The number of carbonyl (C=O) groups excluding carboxylic acids is 1. The third-order valence-corrected chi connectivity index (χ3v) is 8.66. The summed E-state index contributed by atoms with van der Waals surface area (Å²) in [4.78, 5) is 14.6. The van der Waals surface area contributed by atoms with Gasteiger partial charge in [-0.2, -0.15) is 0 Å². The number of likely N-dealkylation sites (N-methyl/N-ethyl adjacent to an activating group) is 1. The molecule has 0 aliphatic heterocycles. The van der Waals surface area contributed by atoms with Crippen molar-refractivity contribution >= 4 is 11.7 Å². The van der Waals surface area contributed by atoms with Crippen LogP contribution < -0.4 is 9.64 Å². The van der Waals surface area contributed by atoms with Crippen molar-refractivity contribution in [3.8, 4) is 16.9 Å². The lowest BCUT2D eigenvalue weighted by Gasteiger charge is -2.27. The van der Waals surface area contributed by atoms with E-state index in [0.29, 0.717) is 26.2 Å². The van der Waals surface area contributed by atoms with Crippen molar-refractivity contribution in [2.75, 3.05) is 38.3 Å². The van der Waals surface area contributed by atoms with Gasteiger partial charge in [0.2, 0.25) is 0 Å². The van der Waals surface area contributed by atoms with Gasteiger partial charge in [-0.1, -0.05) is 86.1 Å². The van der Waals surface area contributed by atoms with Crippen molar-refractivity contribution in [1.29, 1.82) is 0 Å². The van der Waals surface area contributed by atoms with E-state index in [2.05, 4.69) is 79.5 Å². The lowest BCUT2D eigenvalue weighted by Crippen LogP contribution is -2.29. The van der Waals surface area contributed by atoms with Crippen LogP contribution in [0, 0.1) is 0 Å². The summed E-state index contributed by atoms with van der Waals surface area (Å²) in [6.45, 7) is 8.13. The predicted molar refractivity (Wildman–Crippen MR) is 183 cm³/mol. The number of carbonyl (C=O) groups is 1. The third kappa shape index (κ3) is 8.15. The Hall–Kier alpha value is -4.09. The summed E-state index contributed by atoms with van der Waals surface area (Å²) in [5.74, 6) is 0.506. The number of rotatable bonds is 14. The van der Waals surface area contributed by atoms with Crippen LogP contribution in [0.3, 0.4) is 0 Å². The van der Waals surface area contributed by atoms with E-state index in [0.717, 1.165) is 50.0 Å². The highest BCUT2D eigenvalue weighted by Gasteiger charge is 2.22. The maximum atomic E-state index is 12.2. The fourth-order valence-corrected chi connectivity index (χ4v) is 6.42. The molecule has 5 heteroatoms. The second kappa shape index (κ2) is 15.8. The molecule has 0 bridgehead atoms. The number of nitrogens with zero attached hydrogens (tertiary/aromatic N) is 1. The average Bonchev–Trinajstić information content (AvgIpc) is 3.25. The molecule has 5 rings (SSSR count). The Morgan fingerprint density at radius 2 is 1.60 bits per heavy atom. The molecule has 45 heavy (non-hydrogen) atoms. The highest BCUT2D eigenvalue weighted by molar-refractivity contribution is 5.75. The fraction of sp³-hybridized carbons (Fsp3) is 0.375. The molecule has 0 amide bonds. The molecule has 0 saturated heterocycles. The minimum absolute atomic E-state index is 0.315. The summed E-state index contributed by atoms with van der Waals surface area (Å²) in [5.41, 5.74) is 12.2. The molecule has 0 saturated carbocycles. The smallest absolute Gasteiger partial charge is 0.335 e. The molecular weight excluding hydrogens is 558 g/mol. The first-order valence-corrected chi connectivity index (χ1v) is 16.5.